The molecule has 2 atom stereocenters. The molecule has 114 valence electrons. The molecule has 22 heavy (non-hydrogen) atoms. The molecular weight excluding hydrogens is 285 g/mol. The number of nitrogens with zero attached hydrogens (tertiary/aromatic N) is 3. The highest BCUT2D eigenvalue weighted by atomic mass is 19.1. The quantitative estimate of drug-likeness (QED) is 0.861. The first-order valence-electron chi connectivity index (χ1n) is 6.98. The Morgan fingerprint density at radius 2 is 2.32 bits per heavy atom. The maximum atomic E-state index is 14.0. The van der Waals surface area contributed by atoms with Crippen LogP contribution in [0.3, 0.4) is 0 Å². The van der Waals surface area contributed by atoms with Gasteiger partial charge in [-0.15, -0.1) is 0 Å². The van der Waals surface area contributed by atoms with Crippen molar-refractivity contribution in [2.45, 2.75) is 25.9 Å². The van der Waals surface area contributed by atoms with Gasteiger partial charge in [-0.3, -0.25) is 9.79 Å². The molecule has 5 nitrogen and oxygen atoms in total. The number of hydrogen-bond acceptors (Lipinski definition) is 4. The van der Waals surface area contributed by atoms with Crippen LogP contribution >= 0.6 is 0 Å². The van der Waals surface area contributed by atoms with Crippen LogP contribution in [0.15, 0.2) is 28.2 Å². The van der Waals surface area contributed by atoms with Crippen molar-refractivity contribution in [3.8, 4) is 6.07 Å². The van der Waals surface area contributed by atoms with Gasteiger partial charge in [0.05, 0.1) is 23.0 Å². The highest BCUT2D eigenvalue weighted by Gasteiger charge is 2.31. The lowest BCUT2D eigenvalue weighted by Crippen LogP contribution is -2.34. The number of amides is 1. The second-order valence-corrected chi connectivity index (χ2v) is 4.92. The van der Waals surface area contributed by atoms with Crippen LogP contribution in [-0.2, 0) is 9.53 Å². The SMILES string of the molecule is CCC1CC=NC(=O)C(OC)C1=Nc1ccc(C#N)cc1F. The summed E-state index contributed by atoms with van der Waals surface area (Å²) in [4.78, 5) is 20.1. The summed E-state index contributed by atoms with van der Waals surface area (Å²) < 4.78 is 19.3. The standard InChI is InChI=1S/C16H16FN3O2/c1-3-11-6-7-19-16(21)15(22-2)14(11)20-13-5-4-10(9-18)8-12(13)17/h4-5,7-8,11,15H,3,6H2,1-2H3. The maximum absolute atomic E-state index is 14.0. The van der Waals surface area contributed by atoms with E-state index in [-0.39, 0.29) is 17.2 Å². The second kappa shape index (κ2) is 7.05. The molecule has 0 radical (unpaired) electrons. The normalized spacial score (nSPS) is 23.4. The number of carbonyl (C=O) groups is 1. The minimum absolute atomic E-state index is 0.0461. The molecule has 0 bridgehead atoms. The van der Waals surface area contributed by atoms with Crippen LogP contribution in [0.4, 0.5) is 10.1 Å². The third kappa shape index (κ3) is 3.26. The number of nitriles is 1. The molecule has 1 aliphatic heterocycles. The lowest BCUT2D eigenvalue weighted by Gasteiger charge is -2.19. The van der Waals surface area contributed by atoms with Crippen molar-refractivity contribution >= 4 is 23.5 Å². The summed E-state index contributed by atoms with van der Waals surface area (Å²) in [6, 6.07) is 5.90. The first kappa shape index (κ1) is 16.0. The number of benzene rings is 1. The molecule has 0 N–H and O–H groups in total. The molecule has 0 aliphatic carbocycles. The molecule has 2 unspecified atom stereocenters. The Bertz CT molecular complexity index is 676. The first-order chi connectivity index (χ1) is 10.6. The van der Waals surface area contributed by atoms with Crippen LogP contribution in [-0.4, -0.2) is 31.0 Å². The Labute approximate surface area is 128 Å². The summed E-state index contributed by atoms with van der Waals surface area (Å²) >= 11 is 0. The third-order valence-electron chi connectivity index (χ3n) is 3.57. The van der Waals surface area contributed by atoms with E-state index in [4.69, 9.17) is 10.00 Å². The summed E-state index contributed by atoms with van der Waals surface area (Å²) in [5, 5.41) is 8.77. The highest BCUT2D eigenvalue weighted by molar-refractivity contribution is 6.12. The molecular formula is C16H16FN3O2. The highest BCUT2D eigenvalue weighted by Crippen LogP contribution is 2.25. The van der Waals surface area contributed by atoms with Crippen molar-refractivity contribution < 1.29 is 13.9 Å². The van der Waals surface area contributed by atoms with Crippen LogP contribution in [0.2, 0.25) is 0 Å². The molecule has 0 saturated carbocycles. The Balaban J connectivity index is 2.49. The zero-order valence-corrected chi connectivity index (χ0v) is 12.4. The van der Waals surface area contributed by atoms with E-state index in [1.807, 2.05) is 13.0 Å². The third-order valence-corrected chi connectivity index (χ3v) is 3.57. The largest absolute Gasteiger partial charge is 0.365 e. The van der Waals surface area contributed by atoms with E-state index in [2.05, 4.69) is 9.98 Å². The average Bonchev–Trinajstić information content (AvgIpc) is 2.67. The maximum Gasteiger partial charge on any atom is 0.280 e. The van der Waals surface area contributed by atoms with Crippen molar-refractivity contribution in [1.29, 1.82) is 5.26 Å². The van der Waals surface area contributed by atoms with E-state index in [9.17, 15) is 9.18 Å². The van der Waals surface area contributed by atoms with Crippen LogP contribution in [0.5, 0.6) is 0 Å². The van der Waals surface area contributed by atoms with Gasteiger partial charge >= 0.3 is 0 Å². The predicted octanol–water partition coefficient (Wildman–Crippen LogP) is 2.81. The van der Waals surface area contributed by atoms with Crippen LogP contribution in [0.25, 0.3) is 0 Å². The van der Waals surface area contributed by atoms with E-state index in [1.54, 1.807) is 6.21 Å². The number of aliphatic imine (C=N–C) groups is 2. The fourth-order valence-electron chi connectivity index (χ4n) is 2.35. The summed E-state index contributed by atoms with van der Waals surface area (Å²) in [5.74, 6) is -1.09. The van der Waals surface area contributed by atoms with Crippen molar-refractivity contribution in [2.24, 2.45) is 15.9 Å². The van der Waals surface area contributed by atoms with Crippen LogP contribution in [0.1, 0.15) is 25.3 Å². The van der Waals surface area contributed by atoms with Gasteiger partial charge in [-0.2, -0.15) is 5.26 Å². The second-order valence-electron chi connectivity index (χ2n) is 4.92. The minimum atomic E-state index is -0.904. The minimum Gasteiger partial charge on any atom is -0.365 e. The first-order valence-corrected chi connectivity index (χ1v) is 6.98. The molecule has 1 aromatic carbocycles. The number of hydrogen-bond donors (Lipinski definition) is 0. The summed E-state index contributed by atoms with van der Waals surface area (Å²) in [6.07, 6.45) is 1.94. The number of carbonyl (C=O) groups excluding carboxylic acids is 1. The van der Waals surface area contributed by atoms with Crippen molar-refractivity contribution in [3.05, 3.63) is 29.6 Å². The van der Waals surface area contributed by atoms with Crippen LogP contribution < -0.4 is 0 Å². The van der Waals surface area contributed by atoms with Gasteiger partial charge in [0.25, 0.3) is 5.91 Å². The van der Waals surface area contributed by atoms with Gasteiger partial charge in [0.1, 0.15) is 5.82 Å². The fraction of sp³-hybridized carbons (Fsp3) is 0.375. The molecule has 0 saturated heterocycles. The van der Waals surface area contributed by atoms with Gasteiger partial charge in [-0.05, 0) is 31.0 Å². The number of methoxy groups -OCH3 is 1. The van der Waals surface area contributed by atoms with Crippen LogP contribution in [0, 0.1) is 23.1 Å². The Kier molecular flexibility index (Phi) is 5.12. The molecule has 1 amide bonds. The molecule has 0 fully saturated rings. The fourth-order valence-corrected chi connectivity index (χ4v) is 2.35. The van der Waals surface area contributed by atoms with Gasteiger partial charge in [0.15, 0.2) is 6.10 Å². The van der Waals surface area contributed by atoms with Crippen molar-refractivity contribution in [2.75, 3.05) is 7.11 Å². The lowest BCUT2D eigenvalue weighted by molar-refractivity contribution is -0.124. The van der Waals surface area contributed by atoms with E-state index < -0.39 is 17.8 Å². The topological polar surface area (TPSA) is 74.8 Å². The summed E-state index contributed by atoms with van der Waals surface area (Å²) in [6.45, 7) is 1.96. The Morgan fingerprint density at radius 1 is 1.55 bits per heavy atom. The van der Waals surface area contributed by atoms with E-state index in [1.165, 1.54) is 19.2 Å². The summed E-state index contributed by atoms with van der Waals surface area (Å²) in [5.41, 5.74) is 0.775. The number of ether oxygens (including phenoxy) is 1. The van der Waals surface area contributed by atoms with E-state index in [0.29, 0.717) is 12.1 Å². The molecule has 1 aliphatic rings. The molecule has 0 spiro atoms. The van der Waals surface area contributed by atoms with Gasteiger partial charge in [0, 0.05) is 19.2 Å². The van der Waals surface area contributed by atoms with Gasteiger partial charge in [-0.1, -0.05) is 6.92 Å². The lowest BCUT2D eigenvalue weighted by atomic mass is 9.93. The van der Waals surface area contributed by atoms with Crippen molar-refractivity contribution in [1.82, 2.24) is 0 Å². The van der Waals surface area contributed by atoms with Crippen molar-refractivity contribution in [3.63, 3.8) is 0 Å². The summed E-state index contributed by atoms with van der Waals surface area (Å²) in [7, 11) is 1.40. The average molecular weight is 301 g/mol. The monoisotopic (exact) mass is 301 g/mol. The molecule has 1 aromatic rings. The Hall–Kier alpha value is -2.39. The van der Waals surface area contributed by atoms with Gasteiger partial charge in [-0.25, -0.2) is 9.38 Å². The zero-order valence-electron chi connectivity index (χ0n) is 12.4. The van der Waals surface area contributed by atoms with E-state index in [0.717, 1.165) is 12.5 Å². The van der Waals surface area contributed by atoms with Gasteiger partial charge in [0.2, 0.25) is 0 Å². The number of halogens is 1. The van der Waals surface area contributed by atoms with Gasteiger partial charge < -0.3 is 4.74 Å². The smallest absolute Gasteiger partial charge is 0.280 e. The zero-order chi connectivity index (χ0) is 16.1. The Morgan fingerprint density at radius 3 is 2.91 bits per heavy atom. The molecule has 1 heterocycles. The molecule has 6 heteroatoms. The number of rotatable bonds is 3. The van der Waals surface area contributed by atoms with E-state index >= 15 is 0 Å². The predicted molar refractivity (Wildman–Crippen MR) is 80.9 cm³/mol. The molecule has 0 aromatic heterocycles. The molecule has 2 rings (SSSR count).